The van der Waals surface area contributed by atoms with Gasteiger partial charge in [-0.15, -0.1) is 11.3 Å². The number of thiophene rings is 1. The Bertz CT molecular complexity index is 304. The fraction of sp³-hybridized carbons (Fsp3) is 0.125. The Morgan fingerprint density at radius 2 is 2.50 bits per heavy atom. The van der Waals surface area contributed by atoms with Crippen LogP contribution in [0.25, 0.3) is 6.08 Å². The van der Waals surface area contributed by atoms with Crippen molar-refractivity contribution in [3.05, 3.63) is 28.0 Å². The lowest BCUT2D eigenvalue weighted by Gasteiger charge is -1.89. The molecule has 0 aliphatic rings. The average molecular weight is 183 g/mol. The molecule has 1 heterocycles. The smallest absolute Gasteiger partial charge is 0.267 e. The molecule has 0 aromatic carbocycles. The zero-order valence-electron chi connectivity index (χ0n) is 6.57. The summed E-state index contributed by atoms with van der Waals surface area (Å²) >= 11 is 1.55. The van der Waals surface area contributed by atoms with Gasteiger partial charge in [-0.05, 0) is 30.0 Å². The first-order valence-electron chi connectivity index (χ1n) is 3.40. The first-order valence-corrected chi connectivity index (χ1v) is 4.28. The molecule has 1 rings (SSSR count). The minimum Gasteiger partial charge on any atom is -0.288 e. The van der Waals surface area contributed by atoms with Crippen molar-refractivity contribution < 1.29 is 10.0 Å². The predicted molar refractivity (Wildman–Crippen MR) is 48.0 cm³/mol. The van der Waals surface area contributed by atoms with Crippen molar-refractivity contribution in [2.75, 3.05) is 0 Å². The zero-order valence-corrected chi connectivity index (χ0v) is 7.39. The molecule has 0 saturated heterocycles. The molecule has 3 nitrogen and oxygen atoms in total. The Morgan fingerprint density at radius 3 is 3.00 bits per heavy atom. The number of hydrogen-bond acceptors (Lipinski definition) is 3. The normalized spacial score (nSPS) is 10.5. The number of nitrogens with one attached hydrogen (secondary N) is 1. The summed E-state index contributed by atoms with van der Waals surface area (Å²) in [7, 11) is 0. The summed E-state index contributed by atoms with van der Waals surface area (Å²) in [4.78, 5) is 11.6. The Morgan fingerprint density at radius 1 is 1.75 bits per heavy atom. The molecule has 1 amide bonds. The monoisotopic (exact) mass is 183 g/mol. The number of hydrogen-bond donors (Lipinski definition) is 2. The van der Waals surface area contributed by atoms with E-state index in [0.717, 1.165) is 10.4 Å². The minimum atomic E-state index is -0.511. The van der Waals surface area contributed by atoms with Gasteiger partial charge in [-0.2, -0.15) is 0 Å². The molecule has 0 atom stereocenters. The van der Waals surface area contributed by atoms with Crippen LogP contribution in [0.1, 0.15) is 10.4 Å². The lowest BCUT2D eigenvalue weighted by atomic mass is 10.3. The second-order valence-corrected chi connectivity index (χ2v) is 3.22. The number of hydroxylamine groups is 1. The maximum absolute atomic E-state index is 10.6. The van der Waals surface area contributed by atoms with Gasteiger partial charge < -0.3 is 0 Å². The highest BCUT2D eigenvalue weighted by Crippen LogP contribution is 2.16. The molecule has 0 bridgehead atoms. The van der Waals surface area contributed by atoms with Crippen LogP contribution in [0, 0.1) is 6.92 Å². The van der Waals surface area contributed by atoms with E-state index in [1.165, 1.54) is 11.6 Å². The van der Waals surface area contributed by atoms with Crippen molar-refractivity contribution in [1.29, 1.82) is 0 Å². The van der Waals surface area contributed by atoms with E-state index in [4.69, 9.17) is 5.21 Å². The fourth-order valence-corrected chi connectivity index (χ4v) is 1.56. The van der Waals surface area contributed by atoms with Crippen LogP contribution in [0.4, 0.5) is 0 Å². The number of rotatable bonds is 2. The van der Waals surface area contributed by atoms with Crippen LogP contribution >= 0.6 is 11.3 Å². The molecule has 0 aliphatic heterocycles. The van der Waals surface area contributed by atoms with Crippen LogP contribution in [0.5, 0.6) is 0 Å². The minimum absolute atomic E-state index is 0.511. The summed E-state index contributed by atoms with van der Waals surface area (Å²) < 4.78 is 0. The molecular formula is C8H9NO2S. The number of carbonyl (C=O) groups excluding carboxylic acids is 1. The van der Waals surface area contributed by atoms with Crippen LogP contribution in [0.15, 0.2) is 17.5 Å². The van der Waals surface area contributed by atoms with Gasteiger partial charge in [0.15, 0.2) is 0 Å². The Labute approximate surface area is 74.3 Å². The van der Waals surface area contributed by atoms with Crippen LogP contribution in [0.2, 0.25) is 0 Å². The molecule has 12 heavy (non-hydrogen) atoms. The van der Waals surface area contributed by atoms with Crippen molar-refractivity contribution in [2.24, 2.45) is 0 Å². The van der Waals surface area contributed by atoms with E-state index in [-0.39, 0.29) is 0 Å². The Hall–Kier alpha value is -1.13. The predicted octanol–water partition coefficient (Wildman–Crippen LogP) is 1.58. The van der Waals surface area contributed by atoms with Gasteiger partial charge in [-0.25, -0.2) is 5.48 Å². The summed E-state index contributed by atoms with van der Waals surface area (Å²) in [6, 6.07) is 1.97. The van der Waals surface area contributed by atoms with Crippen LogP contribution in [0.3, 0.4) is 0 Å². The maximum Gasteiger partial charge on any atom is 0.267 e. The summed E-state index contributed by atoms with van der Waals surface area (Å²) in [6.07, 6.45) is 2.96. The van der Waals surface area contributed by atoms with Gasteiger partial charge in [0.25, 0.3) is 5.91 Å². The summed E-state index contributed by atoms with van der Waals surface area (Å²) in [5, 5.41) is 10.1. The van der Waals surface area contributed by atoms with Crippen molar-refractivity contribution in [3.8, 4) is 0 Å². The third-order valence-corrected chi connectivity index (χ3v) is 2.38. The third-order valence-electron chi connectivity index (χ3n) is 1.40. The van der Waals surface area contributed by atoms with E-state index < -0.39 is 5.91 Å². The molecule has 0 unspecified atom stereocenters. The largest absolute Gasteiger partial charge is 0.288 e. The van der Waals surface area contributed by atoms with E-state index in [1.807, 2.05) is 18.4 Å². The van der Waals surface area contributed by atoms with Crippen molar-refractivity contribution in [2.45, 2.75) is 6.92 Å². The van der Waals surface area contributed by atoms with Crippen LogP contribution in [-0.2, 0) is 4.79 Å². The van der Waals surface area contributed by atoms with E-state index in [1.54, 1.807) is 17.4 Å². The van der Waals surface area contributed by atoms with E-state index in [2.05, 4.69) is 0 Å². The molecular weight excluding hydrogens is 174 g/mol. The van der Waals surface area contributed by atoms with Gasteiger partial charge in [0, 0.05) is 11.0 Å². The highest BCUT2D eigenvalue weighted by molar-refractivity contribution is 7.11. The van der Waals surface area contributed by atoms with Gasteiger partial charge >= 0.3 is 0 Å². The Balaban J connectivity index is 2.69. The van der Waals surface area contributed by atoms with E-state index in [9.17, 15) is 4.79 Å². The van der Waals surface area contributed by atoms with E-state index >= 15 is 0 Å². The van der Waals surface area contributed by atoms with Crippen LogP contribution < -0.4 is 5.48 Å². The van der Waals surface area contributed by atoms with Crippen LogP contribution in [-0.4, -0.2) is 11.1 Å². The quantitative estimate of drug-likeness (QED) is 0.415. The van der Waals surface area contributed by atoms with E-state index in [0.29, 0.717) is 0 Å². The highest BCUT2D eigenvalue weighted by Gasteiger charge is 1.95. The second-order valence-electron chi connectivity index (χ2n) is 2.28. The van der Waals surface area contributed by atoms with Crippen molar-refractivity contribution in [1.82, 2.24) is 5.48 Å². The Kier molecular flexibility index (Phi) is 3.01. The zero-order chi connectivity index (χ0) is 8.97. The molecule has 0 radical (unpaired) electrons. The molecule has 1 aromatic rings. The molecule has 0 aliphatic carbocycles. The standard InChI is InChI=1S/C8H9NO2S/c1-6-4-5-12-7(6)2-3-8(10)9-11/h2-5,11H,1H3,(H,9,10)/b3-2+. The second kappa shape index (κ2) is 4.04. The highest BCUT2D eigenvalue weighted by atomic mass is 32.1. The topological polar surface area (TPSA) is 49.3 Å². The van der Waals surface area contributed by atoms with Crippen molar-refractivity contribution >= 4 is 23.3 Å². The SMILES string of the molecule is Cc1ccsc1/C=C/C(=O)NO. The molecule has 1 aromatic heterocycles. The van der Waals surface area contributed by atoms with Gasteiger partial charge in [-0.1, -0.05) is 0 Å². The molecule has 64 valence electrons. The number of aryl methyl sites for hydroxylation is 1. The summed E-state index contributed by atoms with van der Waals surface area (Å²) in [5.41, 5.74) is 2.65. The lowest BCUT2D eigenvalue weighted by molar-refractivity contribution is -0.124. The maximum atomic E-state index is 10.6. The van der Waals surface area contributed by atoms with Gasteiger partial charge in [0.1, 0.15) is 0 Å². The summed E-state index contributed by atoms with van der Waals surface area (Å²) in [5.74, 6) is -0.511. The van der Waals surface area contributed by atoms with Crippen molar-refractivity contribution in [3.63, 3.8) is 0 Å². The first-order chi connectivity index (χ1) is 5.74. The van der Waals surface area contributed by atoms with Gasteiger partial charge in [0.05, 0.1) is 0 Å². The molecule has 0 spiro atoms. The molecule has 2 N–H and O–H groups in total. The lowest BCUT2D eigenvalue weighted by Crippen LogP contribution is -2.14. The fourth-order valence-electron chi connectivity index (χ4n) is 0.744. The third kappa shape index (κ3) is 2.18. The molecule has 0 fully saturated rings. The van der Waals surface area contributed by atoms with Gasteiger partial charge in [-0.3, -0.25) is 10.0 Å². The first kappa shape index (κ1) is 8.96. The van der Waals surface area contributed by atoms with Gasteiger partial charge in [0.2, 0.25) is 0 Å². The summed E-state index contributed by atoms with van der Waals surface area (Å²) in [6.45, 7) is 1.97. The number of amides is 1. The average Bonchev–Trinajstić information content (AvgIpc) is 2.47. The number of carbonyl (C=O) groups is 1. The molecule has 4 heteroatoms. The molecule has 0 saturated carbocycles.